The van der Waals surface area contributed by atoms with Gasteiger partial charge in [-0.15, -0.1) is 0 Å². The molecule has 1 aliphatic carbocycles. The molecule has 3 rings (SSSR count). The van der Waals surface area contributed by atoms with E-state index in [4.69, 9.17) is 10.5 Å². The summed E-state index contributed by atoms with van der Waals surface area (Å²) in [5.41, 5.74) is 8.87. The van der Waals surface area contributed by atoms with Gasteiger partial charge in [-0.05, 0) is 30.9 Å². The highest BCUT2D eigenvalue weighted by Crippen LogP contribution is 2.35. The lowest BCUT2D eigenvalue weighted by Gasteiger charge is -2.15. The van der Waals surface area contributed by atoms with Crippen molar-refractivity contribution in [2.24, 2.45) is 0 Å². The fourth-order valence-corrected chi connectivity index (χ4v) is 2.80. The van der Waals surface area contributed by atoms with Crippen molar-refractivity contribution in [3.63, 3.8) is 0 Å². The minimum Gasteiger partial charge on any atom is -0.461 e. The number of rotatable bonds is 3. The van der Waals surface area contributed by atoms with Crippen LogP contribution >= 0.6 is 0 Å². The fourth-order valence-electron chi connectivity index (χ4n) is 2.80. The average molecular weight is 271 g/mol. The lowest BCUT2D eigenvalue weighted by molar-refractivity contribution is 0.0521. The Hall–Kier alpha value is -2.30. The third-order valence-electron chi connectivity index (χ3n) is 3.74. The van der Waals surface area contributed by atoms with Crippen molar-refractivity contribution < 1.29 is 9.53 Å². The SMILES string of the molecule is CCOC(=O)c1ncn(C2CCc3ccccc32)c1N. The zero-order chi connectivity index (χ0) is 14.1. The monoisotopic (exact) mass is 271 g/mol. The molecule has 2 N–H and O–H groups in total. The summed E-state index contributed by atoms with van der Waals surface area (Å²) in [5.74, 6) is -0.0832. The molecule has 0 fully saturated rings. The number of nitrogen functional groups attached to an aromatic ring is 1. The molecule has 5 nitrogen and oxygen atoms in total. The molecule has 1 aromatic heterocycles. The van der Waals surface area contributed by atoms with E-state index in [9.17, 15) is 4.79 Å². The van der Waals surface area contributed by atoms with Gasteiger partial charge < -0.3 is 15.0 Å². The van der Waals surface area contributed by atoms with Gasteiger partial charge in [-0.1, -0.05) is 24.3 Å². The number of ether oxygens (including phenoxy) is 1. The van der Waals surface area contributed by atoms with Gasteiger partial charge in [-0.2, -0.15) is 0 Å². The lowest BCUT2D eigenvalue weighted by atomic mass is 10.1. The summed E-state index contributed by atoms with van der Waals surface area (Å²) >= 11 is 0. The molecule has 0 radical (unpaired) electrons. The van der Waals surface area contributed by atoms with Gasteiger partial charge in [0.05, 0.1) is 19.0 Å². The van der Waals surface area contributed by atoms with Crippen molar-refractivity contribution in [1.29, 1.82) is 0 Å². The van der Waals surface area contributed by atoms with Crippen LogP contribution in [0.5, 0.6) is 0 Å². The summed E-state index contributed by atoms with van der Waals surface area (Å²) in [6, 6.07) is 8.46. The molecule has 1 aromatic carbocycles. The lowest BCUT2D eigenvalue weighted by Crippen LogP contribution is -2.13. The third kappa shape index (κ3) is 1.95. The molecule has 0 saturated heterocycles. The van der Waals surface area contributed by atoms with E-state index in [-0.39, 0.29) is 11.7 Å². The predicted molar refractivity (Wildman–Crippen MR) is 75.5 cm³/mol. The Morgan fingerprint density at radius 2 is 2.30 bits per heavy atom. The van der Waals surface area contributed by atoms with E-state index >= 15 is 0 Å². The van der Waals surface area contributed by atoms with Crippen molar-refractivity contribution in [2.45, 2.75) is 25.8 Å². The number of aryl methyl sites for hydroxylation is 1. The molecule has 0 bridgehead atoms. The Kier molecular flexibility index (Phi) is 3.18. The second-order valence-corrected chi connectivity index (χ2v) is 4.86. The first-order chi connectivity index (χ1) is 9.72. The number of nitrogens with two attached hydrogens (primary N) is 1. The van der Waals surface area contributed by atoms with Crippen LogP contribution in [0.1, 0.15) is 41.0 Å². The first kappa shape index (κ1) is 12.7. The number of hydrogen-bond donors (Lipinski definition) is 1. The number of hydrogen-bond acceptors (Lipinski definition) is 4. The second-order valence-electron chi connectivity index (χ2n) is 4.86. The minimum absolute atomic E-state index is 0.155. The van der Waals surface area contributed by atoms with E-state index < -0.39 is 5.97 Å². The maximum atomic E-state index is 11.8. The quantitative estimate of drug-likeness (QED) is 0.869. The van der Waals surface area contributed by atoms with Gasteiger partial charge in [-0.25, -0.2) is 9.78 Å². The molecule has 0 spiro atoms. The number of carbonyl (C=O) groups is 1. The molecule has 104 valence electrons. The van der Waals surface area contributed by atoms with Crippen LogP contribution in [-0.2, 0) is 11.2 Å². The number of esters is 1. The van der Waals surface area contributed by atoms with E-state index in [1.54, 1.807) is 13.3 Å². The summed E-state index contributed by atoms with van der Waals surface area (Å²) < 4.78 is 6.83. The van der Waals surface area contributed by atoms with E-state index in [1.807, 2.05) is 16.7 Å². The molecular formula is C15H17N3O2. The Labute approximate surface area is 117 Å². The van der Waals surface area contributed by atoms with Crippen LogP contribution in [0.25, 0.3) is 0 Å². The number of imidazole rings is 1. The summed E-state index contributed by atoms with van der Waals surface area (Å²) in [7, 11) is 0. The normalized spacial score (nSPS) is 16.9. The second kappa shape index (κ2) is 5.00. The summed E-state index contributed by atoms with van der Waals surface area (Å²) in [4.78, 5) is 15.9. The van der Waals surface area contributed by atoms with Gasteiger partial charge in [-0.3, -0.25) is 0 Å². The number of carbonyl (C=O) groups excluding carboxylic acids is 1. The molecule has 1 atom stereocenters. The standard InChI is InChI=1S/C15H17N3O2/c1-2-20-15(19)13-14(16)18(9-17-13)12-8-7-10-5-3-4-6-11(10)12/h3-6,9,12H,2,7-8,16H2,1H3. The van der Waals surface area contributed by atoms with Gasteiger partial charge in [0, 0.05) is 0 Å². The molecule has 1 unspecified atom stereocenters. The number of fused-ring (bicyclic) bond motifs is 1. The van der Waals surface area contributed by atoms with E-state index in [2.05, 4.69) is 17.1 Å². The van der Waals surface area contributed by atoms with E-state index in [0.717, 1.165) is 12.8 Å². The molecule has 0 amide bonds. The molecule has 0 saturated carbocycles. The predicted octanol–water partition coefficient (Wildman–Crippen LogP) is 2.18. The van der Waals surface area contributed by atoms with Gasteiger partial charge in [0.2, 0.25) is 0 Å². The molecular weight excluding hydrogens is 254 g/mol. The third-order valence-corrected chi connectivity index (χ3v) is 3.74. The number of aromatic nitrogens is 2. The van der Waals surface area contributed by atoms with Crippen LogP contribution in [0.15, 0.2) is 30.6 Å². The molecule has 1 heterocycles. The largest absolute Gasteiger partial charge is 0.461 e. The van der Waals surface area contributed by atoms with Crippen LogP contribution in [0, 0.1) is 0 Å². The Morgan fingerprint density at radius 3 is 3.10 bits per heavy atom. The number of benzene rings is 1. The molecule has 5 heteroatoms. The smallest absolute Gasteiger partial charge is 0.360 e. The molecule has 20 heavy (non-hydrogen) atoms. The van der Waals surface area contributed by atoms with Crippen molar-refractivity contribution in [1.82, 2.24) is 9.55 Å². The maximum absolute atomic E-state index is 11.8. The first-order valence-corrected chi connectivity index (χ1v) is 6.79. The summed E-state index contributed by atoms with van der Waals surface area (Å²) in [6.07, 6.45) is 3.63. The highest BCUT2D eigenvalue weighted by atomic mass is 16.5. The zero-order valence-electron chi connectivity index (χ0n) is 11.4. The van der Waals surface area contributed by atoms with Gasteiger partial charge in [0.15, 0.2) is 5.69 Å². The van der Waals surface area contributed by atoms with Crippen molar-refractivity contribution in [3.05, 3.63) is 47.4 Å². The Bertz CT molecular complexity index is 648. The average Bonchev–Trinajstić information content (AvgIpc) is 3.02. The highest BCUT2D eigenvalue weighted by Gasteiger charge is 2.27. The fraction of sp³-hybridized carbons (Fsp3) is 0.333. The Balaban J connectivity index is 1.95. The topological polar surface area (TPSA) is 70.1 Å². The first-order valence-electron chi connectivity index (χ1n) is 6.79. The van der Waals surface area contributed by atoms with E-state index in [1.165, 1.54) is 11.1 Å². The number of anilines is 1. The number of nitrogens with zero attached hydrogens (tertiary/aromatic N) is 2. The summed E-state index contributed by atoms with van der Waals surface area (Å²) in [5, 5.41) is 0. The minimum atomic E-state index is -0.463. The van der Waals surface area contributed by atoms with Crippen molar-refractivity contribution >= 4 is 11.8 Å². The maximum Gasteiger partial charge on any atom is 0.360 e. The Morgan fingerprint density at radius 1 is 1.50 bits per heavy atom. The van der Waals surface area contributed by atoms with Gasteiger partial charge in [0.25, 0.3) is 0 Å². The molecule has 1 aliphatic rings. The van der Waals surface area contributed by atoms with Gasteiger partial charge in [0.1, 0.15) is 5.82 Å². The van der Waals surface area contributed by atoms with Crippen LogP contribution in [0.4, 0.5) is 5.82 Å². The molecule has 0 aliphatic heterocycles. The highest BCUT2D eigenvalue weighted by molar-refractivity contribution is 5.92. The van der Waals surface area contributed by atoms with Crippen molar-refractivity contribution in [3.8, 4) is 0 Å². The van der Waals surface area contributed by atoms with Crippen LogP contribution in [-0.4, -0.2) is 22.1 Å². The van der Waals surface area contributed by atoms with E-state index in [0.29, 0.717) is 12.4 Å². The molecule has 2 aromatic rings. The summed E-state index contributed by atoms with van der Waals surface area (Å²) in [6.45, 7) is 2.08. The van der Waals surface area contributed by atoms with Crippen LogP contribution in [0.2, 0.25) is 0 Å². The zero-order valence-corrected chi connectivity index (χ0v) is 11.4. The van der Waals surface area contributed by atoms with Crippen molar-refractivity contribution in [2.75, 3.05) is 12.3 Å². The van der Waals surface area contributed by atoms with Crippen LogP contribution in [0.3, 0.4) is 0 Å². The van der Waals surface area contributed by atoms with Gasteiger partial charge >= 0.3 is 5.97 Å². The van der Waals surface area contributed by atoms with Crippen LogP contribution < -0.4 is 5.73 Å².